The van der Waals surface area contributed by atoms with Gasteiger partial charge in [0.25, 0.3) is 0 Å². The number of aliphatic hydroxyl groups excluding tert-OH is 15. The maximum atomic E-state index is 11.6. The highest BCUT2D eigenvalue weighted by atomic mass is 16.8. The van der Waals surface area contributed by atoms with E-state index in [1.54, 1.807) is 0 Å². The van der Waals surface area contributed by atoms with E-state index in [0.717, 1.165) is 0 Å². The van der Waals surface area contributed by atoms with Crippen LogP contribution in [0.3, 0.4) is 0 Å². The third-order valence-electron chi connectivity index (χ3n) is 15.3. The van der Waals surface area contributed by atoms with Gasteiger partial charge >= 0.3 is 0 Å². The number of nitrogens with two attached hydrogens (primary N) is 7. The highest BCUT2D eigenvalue weighted by Gasteiger charge is 2.57. The molecule has 7 rings (SSSR count). The molecule has 0 bridgehead atoms. The van der Waals surface area contributed by atoms with Gasteiger partial charge in [0.15, 0.2) is 44.0 Å². The van der Waals surface area contributed by atoms with Crippen molar-refractivity contribution in [3.63, 3.8) is 0 Å². The minimum Gasteiger partial charge on any atom is -0.394 e. The predicted molar refractivity (Wildman–Crippen MR) is 250 cm³/mol. The van der Waals surface area contributed by atoms with Crippen LogP contribution in [0, 0.1) is 0 Å². The van der Waals surface area contributed by atoms with E-state index in [4.69, 9.17) is 106 Å². The number of ether oxygens (including phenoxy) is 14. The fourth-order valence-corrected chi connectivity index (χ4v) is 10.5. The molecule has 0 aromatic heterocycles. The second-order valence-corrected chi connectivity index (χ2v) is 20.4. The quantitative estimate of drug-likeness (QED) is 0.0538. The normalized spacial score (nSPS) is 53.0. The van der Waals surface area contributed by atoms with E-state index in [9.17, 15) is 76.6 Å². The van der Waals surface area contributed by atoms with Crippen LogP contribution in [0.4, 0.5) is 0 Å². The van der Waals surface area contributed by atoms with E-state index in [0.29, 0.717) is 0 Å². The van der Waals surface area contributed by atoms with Gasteiger partial charge in [0, 0.05) is 7.11 Å². The van der Waals surface area contributed by atoms with Crippen LogP contribution >= 0.6 is 0 Å². The van der Waals surface area contributed by atoms with Gasteiger partial charge in [0.1, 0.15) is 128 Å². The second-order valence-electron chi connectivity index (χ2n) is 20.4. The highest BCUT2D eigenvalue weighted by Crippen LogP contribution is 2.36. The third-order valence-corrected chi connectivity index (χ3v) is 15.3. The van der Waals surface area contributed by atoms with Gasteiger partial charge < -0.3 is 183 Å². The van der Waals surface area contributed by atoms with Crippen molar-refractivity contribution in [3.8, 4) is 0 Å². The van der Waals surface area contributed by atoms with Crippen molar-refractivity contribution >= 4 is 0 Å². The molecule has 7 aliphatic heterocycles. The Balaban J connectivity index is 0.946. The van der Waals surface area contributed by atoms with E-state index in [-0.39, 0.29) is 0 Å². The third kappa shape index (κ3) is 13.3. The van der Waals surface area contributed by atoms with Crippen molar-refractivity contribution < 1.29 is 143 Å². The maximum Gasteiger partial charge on any atom is 0.176 e. The van der Waals surface area contributed by atoms with E-state index in [2.05, 4.69) is 0 Å². The van der Waals surface area contributed by atoms with E-state index >= 15 is 0 Å². The monoisotopic (exact) mass is 1160 g/mol. The van der Waals surface area contributed by atoms with Crippen molar-refractivity contribution in [3.05, 3.63) is 0 Å². The number of aliphatic hydroxyl groups is 15. The van der Waals surface area contributed by atoms with Crippen molar-refractivity contribution in [2.45, 2.75) is 215 Å². The number of hydrogen-bond acceptors (Lipinski definition) is 36. The summed E-state index contributed by atoms with van der Waals surface area (Å²) >= 11 is 0. The van der Waals surface area contributed by atoms with Gasteiger partial charge in [-0.15, -0.1) is 0 Å². The molecule has 0 aromatic rings. The van der Waals surface area contributed by atoms with Crippen LogP contribution in [-0.4, -0.2) is 344 Å². The highest BCUT2D eigenvalue weighted by molar-refractivity contribution is 5.03. The van der Waals surface area contributed by atoms with E-state index in [1.165, 1.54) is 7.11 Å². The topological polar surface area (TPSA) is 615 Å². The summed E-state index contributed by atoms with van der Waals surface area (Å²) < 4.78 is 80.9. The maximum absolute atomic E-state index is 11.6. The molecule has 462 valence electrons. The lowest BCUT2D eigenvalue weighted by Crippen LogP contribution is -2.71. The Morgan fingerprint density at radius 3 is 0.608 bits per heavy atom. The van der Waals surface area contributed by atoms with Crippen molar-refractivity contribution in [1.82, 2.24) is 0 Å². The second kappa shape index (κ2) is 28.2. The Labute approximate surface area is 450 Å². The van der Waals surface area contributed by atoms with Crippen LogP contribution in [0.25, 0.3) is 0 Å². The van der Waals surface area contributed by atoms with Crippen LogP contribution in [0.5, 0.6) is 0 Å². The van der Waals surface area contributed by atoms with Gasteiger partial charge in [-0.05, 0) is 0 Å². The SMILES string of the molecule is COC1OC(CO)C(O[C@H]2OC(CO)[C@@H](OC3OC(CO)C(O[C@H]4OC(CO)[C@@H](OC5OC(CO)C(O[C@H]6OC(CO)[C@@H](OC7OC(CO)C(O)[C@H](O)[C@H]7N)C(O)[C@@H]6N)[C@H](O)[C@H]5N)C(O)[C@@H]4N)[C@H](O)[C@H]3N)C(O)[C@@H]2N)[C@H](O)[C@H]1N. The summed E-state index contributed by atoms with van der Waals surface area (Å²) in [4.78, 5) is 0. The van der Waals surface area contributed by atoms with Gasteiger partial charge in [0.2, 0.25) is 0 Å². The molecule has 79 heavy (non-hydrogen) atoms. The Morgan fingerprint density at radius 2 is 0.418 bits per heavy atom. The summed E-state index contributed by atoms with van der Waals surface area (Å²) in [5.74, 6) is 0. The summed E-state index contributed by atoms with van der Waals surface area (Å²) in [5.41, 5.74) is 43.7. The molecule has 7 heterocycles. The molecule has 7 saturated heterocycles. The van der Waals surface area contributed by atoms with Crippen LogP contribution in [0.15, 0.2) is 0 Å². The standard InChI is InChI=1S/C43H81N7O29/c1-66-37-17(45)25(60)31(10(3-52)68-37)75-39-19(47)27(62)33(12(5-54)70-39)77-41-21(49)29(64)35(14(7-56)72-41)79-43-22(50)30(65)36(15(8-57)73-43)78-42-20(48)28(63)34(13(6-55)71-42)76-40-18(46)26(61)32(11(4-53)69-40)74-38-16(44)24(59)23(58)9(2-51)67-38/h9-43,51-65H,2-8,44-50H2,1H3/t9?,10?,11?,12?,13?,14?,15?,16-,17-,18+,19+,20-,21-,22+,23?,24-,25-,26?,27?,28-,29-,30?,31?,32-,33-,34?,35?,36-,37?,38?,39-,40-,41?,42?,43-/m1/s1. The lowest BCUT2D eigenvalue weighted by molar-refractivity contribution is -0.369. The lowest BCUT2D eigenvalue weighted by atomic mass is 9.93. The number of rotatable bonds is 20. The Hall–Kier alpha value is -1.44. The number of methoxy groups -OCH3 is 1. The molecule has 0 aliphatic carbocycles. The first-order chi connectivity index (χ1) is 37.5. The van der Waals surface area contributed by atoms with Crippen molar-refractivity contribution in [2.75, 3.05) is 53.4 Å². The van der Waals surface area contributed by atoms with E-state index < -0.39 is 261 Å². The van der Waals surface area contributed by atoms with Crippen molar-refractivity contribution in [1.29, 1.82) is 0 Å². The van der Waals surface area contributed by atoms with Gasteiger partial charge in [-0.25, -0.2) is 0 Å². The largest absolute Gasteiger partial charge is 0.394 e. The molecule has 0 spiro atoms. The first-order valence-corrected chi connectivity index (χ1v) is 25.6. The molecule has 7 fully saturated rings. The molecule has 35 atom stereocenters. The summed E-state index contributed by atoms with van der Waals surface area (Å²) in [7, 11) is 1.28. The van der Waals surface area contributed by atoms with Gasteiger partial charge in [-0.1, -0.05) is 0 Å². The molecule has 0 aromatic carbocycles. The Bertz CT molecular complexity index is 1850. The van der Waals surface area contributed by atoms with Crippen LogP contribution in [0.2, 0.25) is 0 Å². The molecule has 0 amide bonds. The van der Waals surface area contributed by atoms with Gasteiger partial charge in [0.05, 0.1) is 88.5 Å². The molecule has 18 unspecified atom stereocenters. The molecule has 36 nitrogen and oxygen atoms in total. The van der Waals surface area contributed by atoms with Gasteiger partial charge in [-0.3, -0.25) is 0 Å². The minimum absolute atomic E-state index is 0.659. The molecular weight excluding hydrogens is 1080 g/mol. The van der Waals surface area contributed by atoms with Crippen LogP contribution in [-0.2, 0) is 66.3 Å². The zero-order valence-corrected chi connectivity index (χ0v) is 42.6. The Kier molecular flexibility index (Phi) is 23.2. The molecular formula is C43H81N7O29. The average Bonchev–Trinajstić information content (AvgIpc) is 3.48. The van der Waals surface area contributed by atoms with Crippen molar-refractivity contribution in [2.24, 2.45) is 40.1 Å². The lowest BCUT2D eigenvalue weighted by Gasteiger charge is -2.50. The zero-order valence-electron chi connectivity index (χ0n) is 42.6. The molecule has 36 heteroatoms. The summed E-state index contributed by atoms with van der Waals surface area (Å²) in [6, 6.07) is -10.3. The fourth-order valence-electron chi connectivity index (χ4n) is 10.5. The Morgan fingerprint density at radius 1 is 0.253 bits per heavy atom. The summed E-state index contributed by atoms with van der Waals surface area (Å²) in [5, 5.41) is 160. The average molecular weight is 1160 g/mol. The summed E-state index contributed by atoms with van der Waals surface area (Å²) in [6.45, 7) is -5.74. The van der Waals surface area contributed by atoms with E-state index in [1.807, 2.05) is 0 Å². The zero-order chi connectivity index (χ0) is 58.1. The minimum atomic E-state index is -1.83. The molecule has 0 saturated carbocycles. The predicted octanol–water partition coefficient (Wildman–Crippen LogP) is -15.9. The number of hydrogen-bond donors (Lipinski definition) is 22. The fraction of sp³-hybridized carbons (Fsp3) is 1.00. The smallest absolute Gasteiger partial charge is 0.176 e. The van der Waals surface area contributed by atoms with Gasteiger partial charge in [-0.2, -0.15) is 0 Å². The molecule has 29 N–H and O–H groups in total. The first kappa shape index (κ1) is 65.1. The first-order valence-electron chi connectivity index (χ1n) is 25.6. The summed E-state index contributed by atoms with van der Waals surface area (Å²) in [6.07, 6.45) is -43.8. The molecule has 7 aliphatic rings. The van der Waals surface area contributed by atoms with Crippen LogP contribution in [0.1, 0.15) is 0 Å². The van der Waals surface area contributed by atoms with Crippen LogP contribution < -0.4 is 40.1 Å². The molecule has 0 radical (unpaired) electrons.